The van der Waals surface area contributed by atoms with Crippen LogP contribution in [0.4, 0.5) is 0 Å². The van der Waals surface area contributed by atoms with E-state index < -0.39 is 12.0 Å². The third kappa shape index (κ3) is 5.20. The minimum absolute atomic E-state index is 0.303. The molecule has 3 N–H and O–H groups in total. The van der Waals surface area contributed by atoms with Crippen LogP contribution in [-0.2, 0) is 4.79 Å². The number of nitrogens with two attached hydrogens (primary N) is 1. The lowest BCUT2D eigenvalue weighted by Crippen LogP contribution is -2.29. The van der Waals surface area contributed by atoms with Gasteiger partial charge < -0.3 is 10.8 Å². The van der Waals surface area contributed by atoms with Crippen molar-refractivity contribution in [3.8, 4) is 0 Å². The van der Waals surface area contributed by atoms with E-state index in [1.807, 2.05) is 0 Å². The van der Waals surface area contributed by atoms with Gasteiger partial charge in [-0.05, 0) is 18.4 Å². The Morgan fingerprint density at radius 3 is 2.91 bits per heavy atom. The van der Waals surface area contributed by atoms with Gasteiger partial charge in [0.1, 0.15) is 6.04 Å². The van der Waals surface area contributed by atoms with E-state index in [-0.39, 0.29) is 0 Å². The van der Waals surface area contributed by atoms with Crippen molar-refractivity contribution >= 4 is 5.97 Å². The van der Waals surface area contributed by atoms with E-state index in [2.05, 4.69) is 10.0 Å². The molecule has 0 unspecified atom stereocenters. The Bertz CT molecular complexity index is 175. The lowest BCUT2D eigenvalue weighted by molar-refractivity contribution is -0.138. The van der Waals surface area contributed by atoms with E-state index in [1.54, 1.807) is 0 Å². The first-order valence-electron chi connectivity index (χ1n) is 3.17. The van der Waals surface area contributed by atoms with Crippen LogP contribution < -0.4 is 5.73 Å². The summed E-state index contributed by atoms with van der Waals surface area (Å²) in [5.41, 5.74) is 13.0. The fraction of sp³-hybridized carbons (Fsp3) is 0.800. The standard InChI is InChI=1S/C5H10N4O2/c6-4(5(10)11)2-1-3-8-9-7/h4H,1-3,6H2,(H,10,11)/t4-/m1/s1. The number of carboxylic acids is 1. The summed E-state index contributed by atoms with van der Waals surface area (Å²) in [4.78, 5) is 12.6. The van der Waals surface area contributed by atoms with Crippen molar-refractivity contribution in [1.29, 1.82) is 0 Å². The van der Waals surface area contributed by atoms with Crippen LogP contribution in [0.2, 0.25) is 0 Å². The van der Waals surface area contributed by atoms with Crippen LogP contribution in [0.15, 0.2) is 5.11 Å². The Labute approximate surface area is 63.6 Å². The fourth-order valence-electron chi connectivity index (χ4n) is 0.550. The van der Waals surface area contributed by atoms with E-state index in [1.165, 1.54) is 0 Å². The molecule has 0 aromatic rings. The second-order valence-electron chi connectivity index (χ2n) is 2.04. The minimum atomic E-state index is -1.02. The normalized spacial score (nSPS) is 11.7. The molecule has 0 saturated carbocycles. The molecule has 0 aromatic carbocycles. The molecule has 0 aromatic heterocycles. The van der Waals surface area contributed by atoms with E-state index in [0.29, 0.717) is 19.4 Å². The van der Waals surface area contributed by atoms with Gasteiger partial charge in [0.25, 0.3) is 0 Å². The number of carboxylic acid groups (broad SMARTS) is 1. The maximum absolute atomic E-state index is 10.1. The molecule has 0 fully saturated rings. The van der Waals surface area contributed by atoms with E-state index in [4.69, 9.17) is 16.4 Å². The number of rotatable bonds is 5. The second-order valence-corrected chi connectivity index (χ2v) is 2.04. The zero-order valence-corrected chi connectivity index (χ0v) is 5.97. The maximum Gasteiger partial charge on any atom is 0.320 e. The molecular formula is C5H10N4O2. The molecule has 0 aliphatic rings. The summed E-state index contributed by atoms with van der Waals surface area (Å²) in [5, 5.41) is 11.5. The molecule has 0 saturated heterocycles. The molecule has 62 valence electrons. The Morgan fingerprint density at radius 2 is 2.45 bits per heavy atom. The predicted molar refractivity (Wildman–Crippen MR) is 38.9 cm³/mol. The van der Waals surface area contributed by atoms with Gasteiger partial charge in [-0.15, -0.1) is 0 Å². The van der Waals surface area contributed by atoms with Gasteiger partial charge in [-0.3, -0.25) is 4.79 Å². The molecule has 0 heterocycles. The lowest BCUT2D eigenvalue weighted by atomic mass is 10.2. The van der Waals surface area contributed by atoms with Gasteiger partial charge in [0.05, 0.1) is 0 Å². The van der Waals surface area contributed by atoms with Gasteiger partial charge in [0.2, 0.25) is 0 Å². The highest BCUT2D eigenvalue weighted by Crippen LogP contribution is 1.94. The molecule has 0 aliphatic heterocycles. The summed E-state index contributed by atoms with van der Waals surface area (Å²) in [7, 11) is 0. The van der Waals surface area contributed by atoms with Crippen LogP contribution in [-0.4, -0.2) is 23.7 Å². The fourth-order valence-corrected chi connectivity index (χ4v) is 0.550. The molecule has 11 heavy (non-hydrogen) atoms. The zero-order valence-electron chi connectivity index (χ0n) is 5.97. The highest BCUT2D eigenvalue weighted by molar-refractivity contribution is 5.72. The molecule has 0 bridgehead atoms. The van der Waals surface area contributed by atoms with Crippen LogP contribution >= 0.6 is 0 Å². The monoisotopic (exact) mass is 158 g/mol. The number of hydrogen-bond acceptors (Lipinski definition) is 3. The average molecular weight is 158 g/mol. The van der Waals surface area contributed by atoms with Crippen LogP contribution in [0.25, 0.3) is 10.4 Å². The predicted octanol–water partition coefficient (Wildman–Crippen LogP) is 0.489. The van der Waals surface area contributed by atoms with Crippen molar-refractivity contribution in [1.82, 2.24) is 0 Å². The van der Waals surface area contributed by atoms with Crippen molar-refractivity contribution in [3.05, 3.63) is 10.4 Å². The molecule has 6 heteroatoms. The summed E-state index contributed by atoms with van der Waals surface area (Å²) in [6.07, 6.45) is 0.853. The number of carbonyl (C=O) groups is 1. The van der Waals surface area contributed by atoms with Gasteiger partial charge in [-0.25, -0.2) is 0 Å². The minimum Gasteiger partial charge on any atom is -0.480 e. The zero-order chi connectivity index (χ0) is 8.69. The van der Waals surface area contributed by atoms with Crippen LogP contribution in [0.5, 0.6) is 0 Å². The SMILES string of the molecule is [N-]=[N+]=NCCC[C@@H](N)C(=O)O. The maximum atomic E-state index is 10.1. The quantitative estimate of drug-likeness (QED) is 0.262. The Balaban J connectivity index is 3.38. The molecule has 0 rings (SSSR count). The van der Waals surface area contributed by atoms with Crippen molar-refractivity contribution in [2.45, 2.75) is 18.9 Å². The third-order valence-corrected chi connectivity index (χ3v) is 1.15. The lowest BCUT2D eigenvalue weighted by Gasteiger charge is -2.02. The van der Waals surface area contributed by atoms with Crippen LogP contribution in [0, 0.1) is 0 Å². The summed E-state index contributed by atoms with van der Waals surface area (Å²) in [5.74, 6) is -1.02. The van der Waals surface area contributed by atoms with Gasteiger partial charge in [0.15, 0.2) is 0 Å². The van der Waals surface area contributed by atoms with Crippen LogP contribution in [0.3, 0.4) is 0 Å². The summed E-state index contributed by atoms with van der Waals surface area (Å²) in [6, 6.07) is -0.844. The van der Waals surface area contributed by atoms with Gasteiger partial charge in [-0.1, -0.05) is 5.11 Å². The smallest absolute Gasteiger partial charge is 0.320 e. The van der Waals surface area contributed by atoms with E-state index >= 15 is 0 Å². The molecule has 0 spiro atoms. The first kappa shape index (κ1) is 9.74. The highest BCUT2D eigenvalue weighted by atomic mass is 16.4. The summed E-state index contributed by atoms with van der Waals surface area (Å²) < 4.78 is 0. The number of nitrogens with zero attached hydrogens (tertiary/aromatic N) is 3. The average Bonchev–Trinajstić information content (AvgIpc) is 1.97. The third-order valence-electron chi connectivity index (χ3n) is 1.15. The number of hydrogen-bond donors (Lipinski definition) is 2. The molecule has 1 atom stereocenters. The Kier molecular flexibility index (Phi) is 4.89. The molecular weight excluding hydrogens is 148 g/mol. The van der Waals surface area contributed by atoms with Gasteiger partial charge >= 0.3 is 5.97 Å². The molecule has 6 nitrogen and oxygen atoms in total. The summed E-state index contributed by atoms with van der Waals surface area (Å²) in [6.45, 7) is 0.303. The first-order chi connectivity index (χ1) is 5.18. The van der Waals surface area contributed by atoms with Crippen molar-refractivity contribution < 1.29 is 9.90 Å². The summed E-state index contributed by atoms with van der Waals surface area (Å²) >= 11 is 0. The van der Waals surface area contributed by atoms with Crippen molar-refractivity contribution in [2.24, 2.45) is 10.8 Å². The molecule has 0 aliphatic carbocycles. The molecule has 0 amide bonds. The van der Waals surface area contributed by atoms with E-state index in [9.17, 15) is 4.79 Å². The Morgan fingerprint density at radius 1 is 1.82 bits per heavy atom. The second kappa shape index (κ2) is 5.52. The highest BCUT2D eigenvalue weighted by Gasteiger charge is 2.09. The Hall–Kier alpha value is -1.26. The van der Waals surface area contributed by atoms with Gasteiger partial charge in [0, 0.05) is 11.5 Å². The molecule has 0 radical (unpaired) electrons. The van der Waals surface area contributed by atoms with Crippen molar-refractivity contribution in [3.63, 3.8) is 0 Å². The topological polar surface area (TPSA) is 112 Å². The van der Waals surface area contributed by atoms with Gasteiger partial charge in [-0.2, -0.15) is 0 Å². The van der Waals surface area contributed by atoms with Crippen LogP contribution in [0.1, 0.15) is 12.8 Å². The van der Waals surface area contributed by atoms with Crippen molar-refractivity contribution in [2.75, 3.05) is 6.54 Å². The first-order valence-corrected chi connectivity index (χ1v) is 3.17. The number of aliphatic carboxylic acids is 1. The number of azide groups is 1. The largest absolute Gasteiger partial charge is 0.480 e. The van der Waals surface area contributed by atoms with E-state index in [0.717, 1.165) is 0 Å².